The molecule has 3 rings (SSSR count). The van der Waals surface area contributed by atoms with Gasteiger partial charge in [0, 0.05) is 29.2 Å². The van der Waals surface area contributed by atoms with Crippen molar-refractivity contribution in [1.29, 1.82) is 0 Å². The molecule has 0 bridgehead atoms. The van der Waals surface area contributed by atoms with Crippen molar-refractivity contribution in [2.75, 3.05) is 10.6 Å². The van der Waals surface area contributed by atoms with Crippen LogP contribution >= 0.6 is 0 Å². The Morgan fingerprint density at radius 3 is 2.90 bits per heavy atom. The SMILES string of the molecule is Cc1cnc(CNc2cccc(NC(=O)C3CC3)c2)[nH]1. The molecule has 1 aliphatic carbocycles. The molecule has 1 heterocycles. The molecular formula is C15H18N4O. The molecule has 0 atom stereocenters. The van der Waals surface area contributed by atoms with E-state index in [0.29, 0.717) is 6.54 Å². The summed E-state index contributed by atoms with van der Waals surface area (Å²) in [5.41, 5.74) is 2.85. The van der Waals surface area contributed by atoms with Crippen LogP contribution in [0.15, 0.2) is 30.5 Å². The molecule has 0 aliphatic heterocycles. The summed E-state index contributed by atoms with van der Waals surface area (Å²) < 4.78 is 0. The molecule has 1 amide bonds. The average Bonchev–Trinajstić information content (AvgIpc) is 3.20. The van der Waals surface area contributed by atoms with Crippen molar-refractivity contribution in [2.24, 2.45) is 5.92 Å². The number of aromatic nitrogens is 2. The molecule has 0 unspecified atom stereocenters. The molecule has 0 spiro atoms. The molecule has 1 saturated carbocycles. The van der Waals surface area contributed by atoms with Crippen LogP contribution in [-0.2, 0) is 11.3 Å². The first-order valence-electron chi connectivity index (χ1n) is 6.86. The van der Waals surface area contributed by atoms with Crippen molar-refractivity contribution in [2.45, 2.75) is 26.3 Å². The number of nitrogens with one attached hydrogen (secondary N) is 3. The number of H-pyrrole nitrogens is 1. The largest absolute Gasteiger partial charge is 0.378 e. The Bertz CT molecular complexity index is 616. The molecule has 3 N–H and O–H groups in total. The van der Waals surface area contributed by atoms with Crippen LogP contribution in [0.2, 0.25) is 0 Å². The summed E-state index contributed by atoms with van der Waals surface area (Å²) in [6, 6.07) is 7.75. The number of aromatic amines is 1. The van der Waals surface area contributed by atoms with E-state index in [0.717, 1.165) is 35.7 Å². The van der Waals surface area contributed by atoms with Gasteiger partial charge in [-0.2, -0.15) is 0 Å². The van der Waals surface area contributed by atoms with Gasteiger partial charge in [-0.15, -0.1) is 0 Å². The van der Waals surface area contributed by atoms with E-state index in [9.17, 15) is 4.79 Å². The highest BCUT2D eigenvalue weighted by atomic mass is 16.2. The molecule has 1 fully saturated rings. The average molecular weight is 270 g/mol. The summed E-state index contributed by atoms with van der Waals surface area (Å²) in [7, 11) is 0. The molecular weight excluding hydrogens is 252 g/mol. The molecule has 0 radical (unpaired) electrons. The van der Waals surface area contributed by atoms with Crippen LogP contribution in [0.25, 0.3) is 0 Å². The number of nitrogens with zero attached hydrogens (tertiary/aromatic N) is 1. The second kappa shape index (κ2) is 5.36. The zero-order valence-corrected chi connectivity index (χ0v) is 11.4. The highest BCUT2D eigenvalue weighted by molar-refractivity contribution is 5.94. The summed E-state index contributed by atoms with van der Waals surface area (Å²) >= 11 is 0. The lowest BCUT2D eigenvalue weighted by molar-refractivity contribution is -0.117. The number of aryl methyl sites for hydroxylation is 1. The van der Waals surface area contributed by atoms with Gasteiger partial charge >= 0.3 is 0 Å². The quantitative estimate of drug-likeness (QED) is 0.782. The van der Waals surface area contributed by atoms with E-state index in [1.165, 1.54) is 0 Å². The lowest BCUT2D eigenvalue weighted by atomic mass is 10.2. The number of hydrogen-bond donors (Lipinski definition) is 3. The van der Waals surface area contributed by atoms with E-state index in [1.54, 1.807) is 0 Å². The third-order valence-corrected chi connectivity index (χ3v) is 3.29. The zero-order chi connectivity index (χ0) is 13.9. The van der Waals surface area contributed by atoms with E-state index in [1.807, 2.05) is 37.4 Å². The highest BCUT2D eigenvalue weighted by Gasteiger charge is 2.29. The lowest BCUT2D eigenvalue weighted by Crippen LogP contribution is -2.13. The predicted molar refractivity (Wildman–Crippen MR) is 78.4 cm³/mol. The normalized spacial score (nSPS) is 14.1. The summed E-state index contributed by atoms with van der Waals surface area (Å²) in [5, 5.41) is 6.23. The molecule has 1 aromatic carbocycles. The van der Waals surface area contributed by atoms with Crippen LogP contribution in [0.5, 0.6) is 0 Å². The third-order valence-electron chi connectivity index (χ3n) is 3.29. The second-order valence-electron chi connectivity index (χ2n) is 5.21. The fourth-order valence-corrected chi connectivity index (χ4v) is 2.04. The van der Waals surface area contributed by atoms with E-state index in [2.05, 4.69) is 20.6 Å². The number of carbonyl (C=O) groups excluding carboxylic acids is 1. The van der Waals surface area contributed by atoms with Gasteiger partial charge in [0.1, 0.15) is 5.82 Å². The minimum atomic E-state index is 0.129. The number of amides is 1. The predicted octanol–water partition coefficient (Wildman–Crippen LogP) is 2.68. The zero-order valence-electron chi connectivity index (χ0n) is 11.4. The van der Waals surface area contributed by atoms with Gasteiger partial charge in [0.15, 0.2) is 0 Å². The maximum atomic E-state index is 11.7. The fraction of sp³-hybridized carbons (Fsp3) is 0.333. The van der Waals surface area contributed by atoms with Gasteiger partial charge in [-0.05, 0) is 38.0 Å². The minimum absolute atomic E-state index is 0.129. The van der Waals surface area contributed by atoms with Crippen LogP contribution in [0.1, 0.15) is 24.4 Å². The molecule has 0 saturated heterocycles. The Morgan fingerprint density at radius 2 is 2.20 bits per heavy atom. The Morgan fingerprint density at radius 1 is 1.40 bits per heavy atom. The Balaban J connectivity index is 1.60. The fourth-order valence-electron chi connectivity index (χ4n) is 2.04. The van der Waals surface area contributed by atoms with Gasteiger partial charge in [0.2, 0.25) is 5.91 Å². The summed E-state index contributed by atoms with van der Waals surface area (Å²) in [6.07, 6.45) is 3.84. The van der Waals surface area contributed by atoms with Gasteiger partial charge in [-0.1, -0.05) is 6.07 Å². The van der Waals surface area contributed by atoms with Crippen molar-refractivity contribution in [3.63, 3.8) is 0 Å². The van der Waals surface area contributed by atoms with Crippen LogP contribution in [-0.4, -0.2) is 15.9 Å². The monoisotopic (exact) mass is 270 g/mol. The number of imidazole rings is 1. The van der Waals surface area contributed by atoms with Crippen LogP contribution in [0.3, 0.4) is 0 Å². The minimum Gasteiger partial charge on any atom is -0.378 e. The Kier molecular flexibility index (Phi) is 3.41. The first kappa shape index (κ1) is 12.7. The van der Waals surface area contributed by atoms with E-state index >= 15 is 0 Å². The van der Waals surface area contributed by atoms with E-state index in [-0.39, 0.29) is 11.8 Å². The number of hydrogen-bond acceptors (Lipinski definition) is 3. The number of rotatable bonds is 5. The first-order chi connectivity index (χ1) is 9.70. The molecule has 1 aliphatic rings. The van der Waals surface area contributed by atoms with Crippen molar-refractivity contribution in [3.8, 4) is 0 Å². The lowest BCUT2D eigenvalue weighted by Gasteiger charge is -2.08. The first-order valence-corrected chi connectivity index (χ1v) is 6.86. The highest BCUT2D eigenvalue weighted by Crippen LogP contribution is 2.30. The van der Waals surface area contributed by atoms with Crippen molar-refractivity contribution >= 4 is 17.3 Å². The Hall–Kier alpha value is -2.30. The summed E-state index contributed by atoms with van der Waals surface area (Å²) in [6.45, 7) is 2.61. The molecule has 20 heavy (non-hydrogen) atoms. The third kappa shape index (κ3) is 3.17. The van der Waals surface area contributed by atoms with Gasteiger partial charge in [0.05, 0.1) is 6.54 Å². The number of benzene rings is 1. The smallest absolute Gasteiger partial charge is 0.227 e. The Labute approximate surface area is 117 Å². The molecule has 1 aromatic heterocycles. The molecule has 5 nitrogen and oxygen atoms in total. The van der Waals surface area contributed by atoms with Crippen LogP contribution < -0.4 is 10.6 Å². The van der Waals surface area contributed by atoms with Gasteiger partial charge in [0.25, 0.3) is 0 Å². The maximum absolute atomic E-state index is 11.7. The van der Waals surface area contributed by atoms with Gasteiger partial charge in [-0.3, -0.25) is 4.79 Å². The molecule has 104 valence electrons. The standard InChI is InChI=1S/C15H18N4O/c1-10-8-17-14(18-10)9-16-12-3-2-4-13(7-12)19-15(20)11-5-6-11/h2-4,7-8,11,16H,5-6,9H2,1H3,(H,17,18)(H,19,20). The van der Waals surface area contributed by atoms with Crippen LogP contribution in [0, 0.1) is 12.8 Å². The second-order valence-corrected chi connectivity index (χ2v) is 5.21. The van der Waals surface area contributed by atoms with E-state index < -0.39 is 0 Å². The summed E-state index contributed by atoms with van der Waals surface area (Å²) in [4.78, 5) is 19.1. The van der Waals surface area contributed by atoms with Crippen molar-refractivity contribution in [3.05, 3.63) is 42.0 Å². The topological polar surface area (TPSA) is 69.8 Å². The number of anilines is 2. The van der Waals surface area contributed by atoms with Crippen molar-refractivity contribution in [1.82, 2.24) is 9.97 Å². The molecule has 2 aromatic rings. The maximum Gasteiger partial charge on any atom is 0.227 e. The van der Waals surface area contributed by atoms with Crippen LogP contribution in [0.4, 0.5) is 11.4 Å². The van der Waals surface area contributed by atoms with Gasteiger partial charge < -0.3 is 15.6 Å². The van der Waals surface area contributed by atoms with Crippen molar-refractivity contribution < 1.29 is 4.79 Å². The summed E-state index contributed by atoms with van der Waals surface area (Å²) in [5.74, 6) is 1.25. The van der Waals surface area contributed by atoms with E-state index in [4.69, 9.17) is 0 Å². The molecule has 5 heteroatoms. The number of carbonyl (C=O) groups is 1. The van der Waals surface area contributed by atoms with Gasteiger partial charge in [-0.25, -0.2) is 4.98 Å².